The number of rotatable bonds is 17. The minimum Gasteiger partial charge on any atom is -0.492 e. The quantitative estimate of drug-likeness (QED) is 0.0727. The minimum absolute atomic E-state index is 0.0244. The molecule has 1 amide bonds. The number of aliphatic hydroxyl groups is 1. The Hall–Kier alpha value is -5.97. The number of aromatic nitrogens is 1. The van der Waals surface area contributed by atoms with E-state index in [1.807, 2.05) is 24.3 Å². The number of carbonyl (C=O) groups excluding carboxylic acids is 1. The Morgan fingerprint density at radius 3 is 2.34 bits per heavy atom. The van der Waals surface area contributed by atoms with Crippen molar-refractivity contribution in [3.63, 3.8) is 0 Å². The lowest BCUT2D eigenvalue weighted by Crippen LogP contribution is -2.52. The highest BCUT2D eigenvalue weighted by atomic mass is 35.5. The summed E-state index contributed by atoms with van der Waals surface area (Å²) in [5.41, 5.74) is 7.75. The number of amides is 1. The summed E-state index contributed by atoms with van der Waals surface area (Å²) >= 11 is 6.78. The molecule has 0 saturated carbocycles. The summed E-state index contributed by atoms with van der Waals surface area (Å²) in [5, 5.41) is 35.0. The molecule has 1 atom stereocenters. The number of carbonyl (C=O) groups is 2. The van der Waals surface area contributed by atoms with Crippen LogP contribution in [0.25, 0.3) is 22.3 Å². The van der Waals surface area contributed by atoms with Gasteiger partial charge in [0.1, 0.15) is 48.7 Å². The highest BCUT2D eigenvalue weighted by Gasteiger charge is 2.40. The maximum atomic E-state index is 11.9. The van der Waals surface area contributed by atoms with E-state index < -0.39 is 18.1 Å². The van der Waals surface area contributed by atoms with E-state index in [4.69, 9.17) is 25.8 Å². The number of pyridine rings is 1. The number of nitrogens with zero attached hydrogens (tertiary/aromatic N) is 3. The molecule has 2 aliphatic rings. The Morgan fingerprint density at radius 2 is 1.65 bits per heavy atom. The first-order chi connectivity index (χ1) is 29.9. The number of carboxylic acids is 1. The molecule has 2 fully saturated rings. The van der Waals surface area contributed by atoms with Gasteiger partial charge < -0.3 is 29.7 Å². The van der Waals surface area contributed by atoms with E-state index in [-0.39, 0.29) is 31.1 Å². The average Bonchev–Trinajstić information content (AvgIpc) is 3.65. The van der Waals surface area contributed by atoms with Gasteiger partial charge in [0.15, 0.2) is 0 Å². The number of aliphatic carboxylic acids is 1. The number of likely N-dealkylation sites (tertiary alicyclic amines) is 1. The summed E-state index contributed by atoms with van der Waals surface area (Å²) in [6.45, 7) is 9.56. The van der Waals surface area contributed by atoms with E-state index in [9.17, 15) is 25.1 Å². The van der Waals surface area contributed by atoms with Gasteiger partial charge in [0.05, 0.1) is 17.2 Å². The highest BCUT2D eigenvalue weighted by Crippen LogP contribution is 2.39. The SMILES string of the molecule is Cc1c(COc2cc(OCc3cncc(C#N)c3)c(CNC(C)(CO)C(=O)O)cc2Cl)cccc1-c1cccc(-c2ccc(OCCN3CCC4(CC3)CNC(=O)C4)cc2)c1C. The molecule has 5 aromatic rings. The Morgan fingerprint density at radius 1 is 0.935 bits per heavy atom. The first-order valence-corrected chi connectivity index (χ1v) is 21.2. The van der Waals surface area contributed by atoms with Crippen LogP contribution in [0.15, 0.2) is 91.3 Å². The van der Waals surface area contributed by atoms with Crippen molar-refractivity contribution in [1.82, 2.24) is 20.5 Å². The summed E-state index contributed by atoms with van der Waals surface area (Å²) in [4.78, 5) is 30.2. The van der Waals surface area contributed by atoms with E-state index in [0.717, 1.165) is 83.7 Å². The molecule has 62 heavy (non-hydrogen) atoms. The van der Waals surface area contributed by atoms with Gasteiger partial charge in [-0.15, -0.1) is 0 Å². The van der Waals surface area contributed by atoms with Crippen molar-refractivity contribution in [2.45, 2.75) is 65.3 Å². The van der Waals surface area contributed by atoms with Crippen LogP contribution in [0.4, 0.5) is 0 Å². The number of carboxylic acid groups (broad SMARTS) is 1. The third-order valence-corrected chi connectivity index (χ3v) is 12.6. The van der Waals surface area contributed by atoms with Crippen molar-refractivity contribution in [3.8, 4) is 45.6 Å². The molecule has 2 aliphatic heterocycles. The zero-order valence-corrected chi connectivity index (χ0v) is 36.1. The smallest absolute Gasteiger partial charge is 0.326 e. The van der Waals surface area contributed by atoms with E-state index in [0.29, 0.717) is 46.2 Å². The summed E-state index contributed by atoms with van der Waals surface area (Å²) < 4.78 is 18.7. The van der Waals surface area contributed by atoms with Crippen LogP contribution in [0.3, 0.4) is 0 Å². The number of ether oxygens (including phenoxy) is 3. The average molecular weight is 858 g/mol. The van der Waals surface area contributed by atoms with E-state index >= 15 is 0 Å². The monoisotopic (exact) mass is 857 g/mol. The van der Waals surface area contributed by atoms with Gasteiger partial charge in [-0.2, -0.15) is 5.26 Å². The predicted octanol–water partition coefficient (Wildman–Crippen LogP) is 7.62. The fourth-order valence-electron chi connectivity index (χ4n) is 8.14. The molecule has 1 spiro atoms. The fourth-order valence-corrected chi connectivity index (χ4v) is 8.38. The molecule has 13 heteroatoms. The molecule has 4 aromatic carbocycles. The zero-order chi connectivity index (χ0) is 43.9. The second kappa shape index (κ2) is 19.4. The summed E-state index contributed by atoms with van der Waals surface area (Å²) in [6, 6.07) is 27.8. The van der Waals surface area contributed by atoms with Gasteiger partial charge >= 0.3 is 5.97 Å². The van der Waals surface area contributed by atoms with Gasteiger partial charge in [-0.3, -0.25) is 24.8 Å². The van der Waals surface area contributed by atoms with Crippen molar-refractivity contribution in [2.75, 3.05) is 39.4 Å². The van der Waals surface area contributed by atoms with Gasteiger partial charge in [0.25, 0.3) is 0 Å². The first-order valence-electron chi connectivity index (χ1n) is 20.8. The third kappa shape index (κ3) is 10.2. The van der Waals surface area contributed by atoms with Crippen molar-refractivity contribution in [1.29, 1.82) is 5.26 Å². The van der Waals surface area contributed by atoms with Gasteiger partial charge in [-0.25, -0.2) is 0 Å². The van der Waals surface area contributed by atoms with Crippen LogP contribution < -0.4 is 24.8 Å². The second-order valence-corrected chi connectivity index (χ2v) is 17.0. The van der Waals surface area contributed by atoms with Crippen LogP contribution in [0.5, 0.6) is 17.2 Å². The maximum absolute atomic E-state index is 11.9. The summed E-state index contributed by atoms with van der Waals surface area (Å²) in [5.74, 6) is 0.567. The van der Waals surface area contributed by atoms with Crippen LogP contribution in [-0.2, 0) is 29.3 Å². The van der Waals surface area contributed by atoms with Crippen LogP contribution >= 0.6 is 11.6 Å². The molecule has 7 rings (SSSR count). The molecular weight excluding hydrogens is 806 g/mol. The molecule has 0 bridgehead atoms. The maximum Gasteiger partial charge on any atom is 0.326 e. The lowest BCUT2D eigenvalue weighted by atomic mass is 9.78. The first kappa shape index (κ1) is 44.1. The van der Waals surface area contributed by atoms with E-state index in [1.165, 1.54) is 13.1 Å². The summed E-state index contributed by atoms with van der Waals surface area (Å²) in [7, 11) is 0. The van der Waals surface area contributed by atoms with Crippen molar-refractivity contribution in [2.24, 2.45) is 5.41 Å². The van der Waals surface area contributed by atoms with Gasteiger partial charge in [-0.05, 0) is 115 Å². The second-order valence-electron chi connectivity index (χ2n) is 16.5. The number of hydrogen-bond acceptors (Lipinski definition) is 10. The van der Waals surface area contributed by atoms with Gasteiger partial charge in [-0.1, -0.05) is 60.1 Å². The van der Waals surface area contributed by atoms with Crippen LogP contribution in [0.2, 0.25) is 5.02 Å². The van der Waals surface area contributed by atoms with Crippen molar-refractivity contribution >= 4 is 23.5 Å². The van der Waals surface area contributed by atoms with Crippen molar-refractivity contribution in [3.05, 3.63) is 130 Å². The molecule has 4 N–H and O–H groups in total. The molecular formula is C49H52ClN5O7. The van der Waals surface area contributed by atoms with E-state index in [2.05, 4.69) is 76.8 Å². The van der Waals surface area contributed by atoms with Crippen LogP contribution in [0, 0.1) is 30.6 Å². The molecule has 0 aliphatic carbocycles. The topological polar surface area (TPSA) is 166 Å². The van der Waals surface area contributed by atoms with Crippen molar-refractivity contribution < 1.29 is 34.0 Å². The largest absolute Gasteiger partial charge is 0.492 e. The van der Waals surface area contributed by atoms with Crippen LogP contribution in [-0.4, -0.2) is 76.9 Å². The fraction of sp³-hybridized carbons (Fsp3) is 0.347. The molecule has 2 saturated heterocycles. The number of nitriles is 1. The van der Waals surface area contributed by atoms with Crippen LogP contribution in [0.1, 0.15) is 59.6 Å². The predicted molar refractivity (Wildman–Crippen MR) is 237 cm³/mol. The number of benzene rings is 4. The molecule has 0 radical (unpaired) electrons. The molecule has 12 nitrogen and oxygen atoms in total. The third-order valence-electron chi connectivity index (χ3n) is 12.3. The lowest BCUT2D eigenvalue weighted by Gasteiger charge is -2.38. The van der Waals surface area contributed by atoms with E-state index in [1.54, 1.807) is 24.4 Å². The highest BCUT2D eigenvalue weighted by molar-refractivity contribution is 6.32. The number of nitrogens with one attached hydrogen (secondary N) is 2. The molecule has 3 heterocycles. The minimum atomic E-state index is -1.60. The Bertz CT molecular complexity index is 2460. The number of hydrogen-bond donors (Lipinski definition) is 4. The molecule has 1 unspecified atom stereocenters. The Balaban J connectivity index is 1.02. The lowest BCUT2D eigenvalue weighted by molar-refractivity contribution is -0.146. The van der Waals surface area contributed by atoms with Gasteiger partial charge in [0, 0.05) is 55.6 Å². The molecule has 1 aromatic heterocycles. The Kier molecular flexibility index (Phi) is 13.8. The number of aliphatic hydroxyl groups excluding tert-OH is 1. The molecule has 322 valence electrons. The number of piperidine rings is 1. The Labute approximate surface area is 367 Å². The standard InChI is InChI=1S/C49H52ClN5O7/c1-32-37(29-62-45-22-44(61-28-35-20-34(24-51)25-52-26-35)38(21-43(45)50)27-54-48(3,31-56)47(58)59)6-4-8-41(32)42-9-5-7-40(33(42)2)36-10-12-39(13-11-36)60-19-18-55-16-14-49(15-17-55)23-46(57)53-30-49/h4-13,20-22,25-26,54,56H,14-19,23,27-31H2,1-3H3,(H,53,57)(H,58,59). The van der Waals surface area contributed by atoms with Gasteiger partial charge in [0.2, 0.25) is 5.91 Å². The zero-order valence-electron chi connectivity index (χ0n) is 35.3. The normalized spacial score (nSPS) is 15.7. The summed E-state index contributed by atoms with van der Waals surface area (Å²) in [6.07, 6.45) is 5.82. The number of halogens is 1.